The van der Waals surface area contributed by atoms with Gasteiger partial charge in [0.15, 0.2) is 0 Å². The molecule has 4 rings (SSSR count). The molecule has 0 spiro atoms. The highest BCUT2D eigenvalue weighted by atomic mass is 16.4. The maximum Gasteiger partial charge on any atom is 0.488 e. The molecule has 0 radical (unpaired) electrons. The molecule has 2 aromatic carbocycles. The van der Waals surface area contributed by atoms with E-state index in [1.165, 1.54) is 0 Å². The predicted molar refractivity (Wildman–Crippen MR) is 117 cm³/mol. The van der Waals surface area contributed by atoms with Crippen LogP contribution in [0.4, 0.5) is 0 Å². The molecule has 2 aromatic heterocycles. The highest BCUT2D eigenvalue weighted by molar-refractivity contribution is 6.59. The Morgan fingerprint density at radius 2 is 1.81 bits per heavy atom. The van der Waals surface area contributed by atoms with E-state index in [-0.39, 0.29) is 0 Å². The number of aryl methyl sites for hydroxylation is 1. The second-order valence-electron chi connectivity index (χ2n) is 7.83. The molecule has 31 heavy (non-hydrogen) atoms. The Morgan fingerprint density at radius 3 is 2.42 bits per heavy atom. The van der Waals surface area contributed by atoms with Gasteiger partial charge in [-0.05, 0) is 43.1 Å². The maximum absolute atomic E-state index is 9.65. The number of nitrogens with zero attached hydrogens (tertiary/aromatic N) is 6. The second kappa shape index (κ2) is 7.40. The van der Waals surface area contributed by atoms with Crippen molar-refractivity contribution in [3.05, 3.63) is 59.8 Å². The standard InChI is InChI=1S/C22H19BN6O2/c1-22(2,12-24)14-4-7-16(8-5-14)29-20-17-10-15(23(30)31)6-9-18(17)26-11-19(20)28(3)21(29)27-13-25/h4-11,30-31H,1-3H3. The molecule has 0 unspecified atom stereocenters. The van der Waals surface area contributed by atoms with Gasteiger partial charge in [-0.25, -0.2) is 0 Å². The first-order chi connectivity index (χ1) is 14.8. The van der Waals surface area contributed by atoms with Gasteiger partial charge in [-0.2, -0.15) is 10.5 Å². The van der Waals surface area contributed by atoms with Gasteiger partial charge in [0.1, 0.15) is 0 Å². The minimum Gasteiger partial charge on any atom is -0.423 e. The molecule has 0 aliphatic rings. The molecule has 0 fully saturated rings. The Morgan fingerprint density at radius 1 is 1.10 bits per heavy atom. The maximum atomic E-state index is 9.65. The molecule has 2 N–H and O–H groups in total. The Bertz CT molecular complexity index is 1470. The Labute approximate surface area is 178 Å². The van der Waals surface area contributed by atoms with Crippen molar-refractivity contribution in [1.82, 2.24) is 14.1 Å². The molecule has 152 valence electrons. The molecule has 4 aromatic rings. The molecule has 0 saturated heterocycles. The van der Waals surface area contributed by atoms with Gasteiger partial charge in [0, 0.05) is 18.1 Å². The van der Waals surface area contributed by atoms with E-state index in [1.807, 2.05) is 48.9 Å². The van der Waals surface area contributed by atoms with Crippen molar-refractivity contribution in [3.8, 4) is 17.9 Å². The normalized spacial score (nSPS) is 12.2. The highest BCUT2D eigenvalue weighted by Crippen LogP contribution is 2.27. The number of hydrogen-bond donors (Lipinski definition) is 2. The molecule has 0 amide bonds. The zero-order valence-corrected chi connectivity index (χ0v) is 17.3. The van der Waals surface area contributed by atoms with Gasteiger partial charge in [-0.15, -0.1) is 4.99 Å². The first-order valence-corrected chi connectivity index (χ1v) is 9.59. The van der Waals surface area contributed by atoms with Gasteiger partial charge >= 0.3 is 7.12 Å². The average Bonchev–Trinajstić information content (AvgIpc) is 3.05. The molecule has 0 saturated carbocycles. The smallest absolute Gasteiger partial charge is 0.423 e. The minimum absolute atomic E-state index is 0.335. The first kappa shape index (κ1) is 20.4. The van der Waals surface area contributed by atoms with Gasteiger partial charge < -0.3 is 14.6 Å². The summed E-state index contributed by atoms with van der Waals surface area (Å²) in [7, 11) is 0.174. The summed E-state index contributed by atoms with van der Waals surface area (Å²) in [5.74, 6) is 0. The van der Waals surface area contributed by atoms with E-state index in [2.05, 4.69) is 16.0 Å². The number of benzene rings is 2. The number of aromatic nitrogens is 3. The molecule has 0 aliphatic heterocycles. The zero-order valence-electron chi connectivity index (χ0n) is 17.3. The van der Waals surface area contributed by atoms with Crippen molar-refractivity contribution in [2.24, 2.45) is 12.0 Å². The lowest BCUT2D eigenvalue weighted by atomic mass is 9.80. The van der Waals surface area contributed by atoms with Crippen molar-refractivity contribution < 1.29 is 10.0 Å². The third kappa shape index (κ3) is 3.26. The fourth-order valence-corrected chi connectivity index (χ4v) is 3.69. The van der Waals surface area contributed by atoms with E-state index >= 15 is 0 Å². The van der Waals surface area contributed by atoms with Crippen LogP contribution >= 0.6 is 0 Å². The van der Waals surface area contributed by atoms with E-state index < -0.39 is 12.5 Å². The van der Waals surface area contributed by atoms with Gasteiger partial charge in [0.05, 0.1) is 34.2 Å². The Kier molecular flexibility index (Phi) is 4.86. The van der Waals surface area contributed by atoms with Gasteiger partial charge in [0.25, 0.3) is 0 Å². The van der Waals surface area contributed by atoms with Gasteiger partial charge in [0.2, 0.25) is 11.8 Å². The monoisotopic (exact) mass is 410 g/mol. The molecule has 9 heteroatoms. The van der Waals surface area contributed by atoms with Gasteiger partial charge in [-0.3, -0.25) is 9.55 Å². The van der Waals surface area contributed by atoms with Crippen molar-refractivity contribution in [2.75, 3.05) is 0 Å². The summed E-state index contributed by atoms with van der Waals surface area (Å²) in [5, 5.41) is 38.7. The minimum atomic E-state index is -1.62. The summed E-state index contributed by atoms with van der Waals surface area (Å²) >= 11 is 0. The molecule has 0 atom stereocenters. The van der Waals surface area contributed by atoms with E-state index in [4.69, 9.17) is 0 Å². The summed E-state index contributed by atoms with van der Waals surface area (Å²) < 4.78 is 3.60. The zero-order chi connectivity index (χ0) is 22.3. The Hall–Kier alpha value is -3.92. The van der Waals surface area contributed by atoms with E-state index in [9.17, 15) is 20.6 Å². The van der Waals surface area contributed by atoms with E-state index in [0.29, 0.717) is 22.0 Å². The molecule has 8 nitrogen and oxygen atoms in total. The number of pyridine rings is 1. The highest BCUT2D eigenvalue weighted by Gasteiger charge is 2.21. The second-order valence-corrected chi connectivity index (χ2v) is 7.83. The average molecular weight is 410 g/mol. The number of imidazole rings is 1. The SMILES string of the molecule is Cn1c(=NC#N)n(-c2ccc(C(C)(C)C#N)cc2)c2c3cc(B(O)O)ccc3ncc21. The van der Waals surface area contributed by atoms with Crippen LogP contribution in [0.15, 0.2) is 53.7 Å². The van der Waals surface area contributed by atoms with Crippen molar-refractivity contribution in [3.63, 3.8) is 0 Å². The number of hydrogen-bond acceptors (Lipinski definition) is 6. The van der Waals surface area contributed by atoms with E-state index in [1.54, 1.807) is 36.0 Å². The molecular weight excluding hydrogens is 391 g/mol. The summed E-state index contributed by atoms with van der Waals surface area (Å²) in [6, 6.07) is 14.8. The van der Waals surface area contributed by atoms with Crippen molar-refractivity contribution in [2.45, 2.75) is 19.3 Å². The lowest BCUT2D eigenvalue weighted by Gasteiger charge is -2.16. The lowest BCUT2D eigenvalue weighted by Crippen LogP contribution is -2.29. The fraction of sp³-hybridized carbons (Fsp3) is 0.182. The number of fused-ring (bicyclic) bond motifs is 3. The van der Waals surface area contributed by atoms with Crippen LogP contribution in [0.5, 0.6) is 0 Å². The Balaban J connectivity index is 2.11. The summed E-state index contributed by atoms with van der Waals surface area (Å²) in [5.41, 5.74) is 3.85. The third-order valence-electron chi connectivity index (χ3n) is 5.50. The van der Waals surface area contributed by atoms with Gasteiger partial charge in [-0.1, -0.05) is 24.3 Å². The first-order valence-electron chi connectivity index (χ1n) is 9.59. The van der Waals surface area contributed by atoms with Crippen LogP contribution < -0.4 is 11.1 Å². The van der Waals surface area contributed by atoms with Crippen LogP contribution in [-0.2, 0) is 12.5 Å². The van der Waals surface area contributed by atoms with Crippen LogP contribution in [-0.4, -0.2) is 31.3 Å². The molecule has 0 aliphatic carbocycles. The molecule has 2 heterocycles. The summed E-state index contributed by atoms with van der Waals surface area (Å²) in [6.45, 7) is 3.70. The van der Waals surface area contributed by atoms with Crippen LogP contribution in [0.3, 0.4) is 0 Å². The molecule has 0 bridgehead atoms. The third-order valence-corrected chi connectivity index (χ3v) is 5.50. The predicted octanol–water partition coefficient (Wildman–Crippen LogP) is 1.38. The summed E-state index contributed by atoms with van der Waals surface area (Å²) in [6.07, 6.45) is 3.56. The fourth-order valence-electron chi connectivity index (χ4n) is 3.69. The largest absolute Gasteiger partial charge is 0.488 e. The van der Waals surface area contributed by atoms with Crippen LogP contribution in [0, 0.1) is 22.8 Å². The van der Waals surface area contributed by atoms with Crippen molar-refractivity contribution >= 4 is 34.5 Å². The quantitative estimate of drug-likeness (QED) is 0.390. The van der Waals surface area contributed by atoms with Crippen molar-refractivity contribution in [1.29, 1.82) is 10.5 Å². The lowest BCUT2D eigenvalue weighted by molar-refractivity contribution is 0.426. The van der Waals surface area contributed by atoms with Crippen LogP contribution in [0.1, 0.15) is 19.4 Å². The molecular formula is C22H19BN6O2. The number of nitriles is 2. The summed E-state index contributed by atoms with van der Waals surface area (Å²) in [4.78, 5) is 8.50. The topological polar surface area (TPSA) is 123 Å². The van der Waals surface area contributed by atoms with Crippen LogP contribution in [0.25, 0.3) is 27.6 Å². The number of rotatable bonds is 3. The van der Waals surface area contributed by atoms with E-state index in [0.717, 1.165) is 22.3 Å². The van der Waals surface area contributed by atoms with Crippen LogP contribution in [0.2, 0.25) is 0 Å².